The molecule has 0 spiro atoms. The number of fused-ring (bicyclic) bond motifs is 1. The Labute approximate surface area is 110 Å². The number of hydrogen-bond acceptors (Lipinski definition) is 4. The Morgan fingerprint density at radius 3 is 2.94 bits per heavy atom. The summed E-state index contributed by atoms with van der Waals surface area (Å²) in [6, 6.07) is 6.25. The molecule has 2 unspecified atom stereocenters. The van der Waals surface area contributed by atoms with Gasteiger partial charge in [0.05, 0.1) is 0 Å². The van der Waals surface area contributed by atoms with Crippen LogP contribution in [-0.2, 0) is 10.8 Å². The summed E-state index contributed by atoms with van der Waals surface area (Å²) in [6.45, 7) is 3.29. The van der Waals surface area contributed by atoms with E-state index >= 15 is 0 Å². The van der Waals surface area contributed by atoms with E-state index in [9.17, 15) is 4.21 Å². The van der Waals surface area contributed by atoms with Gasteiger partial charge in [0, 0.05) is 28.9 Å². The molecule has 0 radical (unpaired) electrons. The highest BCUT2D eigenvalue weighted by molar-refractivity contribution is 7.84. The minimum atomic E-state index is -0.701. The summed E-state index contributed by atoms with van der Waals surface area (Å²) in [5.74, 6) is 2.38. The van der Waals surface area contributed by atoms with Gasteiger partial charge in [0.15, 0.2) is 11.5 Å². The standard InChI is InChI=1S/C13H19NO3S/c1-10(14-6-3-7-18(2)15)11-4-5-12-13(8-11)17-9-16-12/h4-5,8,10,14H,3,6-7,9H2,1-2H3. The van der Waals surface area contributed by atoms with Gasteiger partial charge in [-0.05, 0) is 37.6 Å². The molecule has 0 aromatic heterocycles. The van der Waals surface area contributed by atoms with Crippen LogP contribution in [0.3, 0.4) is 0 Å². The molecule has 100 valence electrons. The maximum absolute atomic E-state index is 10.9. The van der Waals surface area contributed by atoms with E-state index in [1.165, 1.54) is 5.56 Å². The van der Waals surface area contributed by atoms with Gasteiger partial charge in [-0.25, -0.2) is 0 Å². The average molecular weight is 269 g/mol. The van der Waals surface area contributed by atoms with E-state index in [0.29, 0.717) is 6.79 Å². The molecule has 1 aromatic carbocycles. The smallest absolute Gasteiger partial charge is 0.231 e. The van der Waals surface area contributed by atoms with Gasteiger partial charge >= 0.3 is 0 Å². The molecule has 0 saturated heterocycles. The third kappa shape index (κ3) is 3.46. The predicted octanol–water partition coefficient (Wildman–Crippen LogP) is 1.83. The number of benzene rings is 1. The van der Waals surface area contributed by atoms with Gasteiger partial charge in [0.1, 0.15) is 0 Å². The van der Waals surface area contributed by atoms with Crippen LogP contribution < -0.4 is 14.8 Å². The van der Waals surface area contributed by atoms with Crippen LogP contribution in [0, 0.1) is 0 Å². The molecule has 1 N–H and O–H groups in total. The van der Waals surface area contributed by atoms with Crippen LogP contribution in [0.15, 0.2) is 18.2 Å². The molecule has 0 fully saturated rings. The topological polar surface area (TPSA) is 47.6 Å². The van der Waals surface area contributed by atoms with E-state index in [1.54, 1.807) is 6.26 Å². The van der Waals surface area contributed by atoms with Gasteiger partial charge in [-0.3, -0.25) is 4.21 Å². The van der Waals surface area contributed by atoms with Crippen LogP contribution in [0.4, 0.5) is 0 Å². The van der Waals surface area contributed by atoms with Crippen molar-refractivity contribution < 1.29 is 13.7 Å². The van der Waals surface area contributed by atoms with Gasteiger partial charge in [-0.2, -0.15) is 0 Å². The molecule has 1 aromatic rings. The lowest BCUT2D eigenvalue weighted by Gasteiger charge is -2.14. The Morgan fingerprint density at radius 2 is 2.17 bits per heavy atom. The third-order valence-corrected chi connectivity index (χ3v) is 3.82. The average Bonchev–Trinajstić information content (AvgIpc) is 2.81. The normalized spacial score (nSPS) is 16.6. The van der Waals surface area contributed by atoms with Crippen LogP contribution in [0.25, 0.3) is 0 Å². The quantitative estimate of drug-likeness (QED) is 0.801. The first-order valence-electron chi connectivity index (χ1n) is 6.10. The lowest BCUT2D eigenvalue weighted by molar-refractivity contribution is 0.174. The number of hydrogen-bond donors (Lipinski definition) is 1. The number of rotatable bonds is 6. The Morgan fingerprint density at radius 1 is 1.39 bits per heavy atom. The summed E-state index contributed by atoms with van der Waals surface area (Å²) in [6.07, 6.45) is 2.67. The predicted molar refractivity (Wildman–Crippen MR) is 72.5 cm³/mol. The molecule has 4 nitrogen and oxygen atoms in total. The van der Waals surface area contributed by atoms with Crippen molar-refractivity contribution >= 4 is 10.8 Å². The lowest BCUT2D eigenvalue weighted by atomic mass is 10.1. The van der Waals surface area contributed by atoms with Crippen molar-refractivity contribution in [1.29, 1.82) is 0 Å². The number of nitrogens with one attached hydrogen (secondary N) is 1. The zero-order chi connectivity index (χ0) is 13.0. The second-order valence-electron chi connectivity index (χ2n) is 4.42. The summed E-state index contributed by atoms with van der Waals surface area (Å²) < 4.78 is 21.6. The van der Waals surface area contributed by atoms with Crippen molar-refractivity contribution in [2.75, 3.05) is 25.3 Å². The Balaban J connectivity index is 1.85. The van der Waals surface area contributed by atoms with E-state index in [1.807, 2.05) is 18.2 Å². The zero-order valence-electron chi connectivity index (χ0n) is 10.8. The highest BCUT2D eigenvalue weighted by atomic mass is 32.2. The van der Waals surface area contributed by atoms with Crippen molar-refractivity contribution in [1.82, 2.24) is 5.32 Å². The van der Waals surface area contributed by atoms with Gasteiger partial charge in [0.25, 0.3) is 0 Å². The van der Waals surface area contributed by atoms with E-state index in [-0.39, 0.29) is 6.04 Å². The van der Waals surface area contributed by atoms with Crippen molar-refractivity contribution in [2.45, 2.75) is 19.4 Å². The maximum Gasteiger partial charge on any atom is 0.231 e. The van der Waals surface area contributed by atoms with Crippen LogP contribution in [-0.4, -0.2) is 29.6 Å². The molecule has 0 bridgehead atoms. The summed E-state index contributed by atoms with van der Waals surface area (Å²) >= 11 is 0. The molecule has 0 aliphatic carbocycles. The summed E-state index contributed by atoms with van der Waals surface area (Å²) in [5, 5.41) is 3.41. The molecule has 0 saturated carbocycles. The van der Waals surface area contributed by atoms with Gasteiger partial charge < -0.3 is 14.8 Å². The largest absolute Gasteiger partial charge is 0.454 e. The number of ether oxygens (including phenoxy) is 2. The fourth-order valence-corrected chi connectivity index (χ4v) is 2.45. The van der Waals surface area contributed by atoms with Crippen LogP contribution >= 0.6 is 0 Å². The Bertz CT molecular complexity index is 436. The van der Waals surface area contributed by atoms with Crippen LogP contribution in [0.2, 0.25) is 0 Å². The third-order valence-electron chi connectivity index (χ3n) is 2.96. The first-order valence-corrected chi connectivity index (χ1v) is 7.82. The van der Waals surface area contributed by atoms with E-state index in [2.05, 4.69) is 12.2 Å². The minimum absolute atomic E-state index is 0.254. The fourth-order valence-electron chi connectivity index (χ4n) is 1.89. The van der Waals surface area contributed by atoms with E-state index < -0.39 is 10.8 Å². The zero-order valence-corrected chi connectivity index (χ0v) is 11.6. The highest BCUT2D eigenvalue weighted by Crippen LogP contribution is 2.34. The van der Waals surface area contributed by atoms with Gasteiger partial charge in [0.2, 0.25) is 6.79 Å². The first kappa shape index (κ1) is 13.4. The van der Waals surface area contributed by atoms with Crippen molar-refractivity contribution in [3.05, 3.63) is 23.8 Å². The molecular weight excluding hydrogens is 250 g/mol. The minimum Gasteiger partial charge on any atom is -0.454 e. The monoisotopic (exact) mass is 269 g/mol. The van der Waals surface area contributed by atoms with Gasteiger partial charge in [-0.15, -0.1) is 0 Å². The Hall–Kier alpha value is -1.07. The van der Waals surface area contributed by atoms with Crippen molar-refractivity contribution in [3.63, 3.8) is 0 Å². The fraction of sp³-hybridized carbons (Fsp3) is 0.538. The molecule has 1 aliphatic heterocycles. The molecule has 18 heavy (non-hydrogen) atoms. The molecule has 1 heterocycles. The molecule has 5 heteroatoms. The second-order valence-corrected chi connectivity index (χ2v) is 5.97. The second kappa shape index (κ2) is 6.20. The summed E-state index contributed by atoms with van der Waals surface area (Å²) in [7, 11) is -0.701. The molecule has 2 atom stereocenters. The molecule has 2 rings (SSSR count). The first-order chi connectivity index (χ1) is 8.66. The molecule has 1 aliphatic rings. The lowest BCUT2D eigenvalue weighted by Crippen LogP contribution is -2.21. The maximum atomic E-state index is 10.9. The highest BCUT2D eigenvalue weighted by Gasteiger charge is 2.15. The summed E-state index contributed by atoms with van der Waals surface area (Å²) in [5.41, 5.74) is 1.18. The Kier molecular flexibility index (Phi) is 4.60. The SMILES string of the molecule is CC(NCCCS(C)=O)c1ccc2c(c1)OCO2. The summed E-state index contributed by atoms with van der Waals surface area (Å²) in [4.78, 5) is 0. The van der Waals surface area contributed by atoms with Gasteiger partial charge in [-0.1, -0.05) is 6.07 Å². The van der Waals surface area contributed by atoms with Crippen molar-refractivity contribution in [3.8, 4) is 11.5 Å². The van der Waals surface area contributed by atoms with E-state index in [4.69, 9.17) is 9.47 Å². The van der Waals surface area contributed by atoms with Crippen LogP contribution in [0.5, 0.6) is 11.5 Å². The van der Waals surface area contributed by atoms with E-state index in [0.717, 1.165) is 30.2 Å². The van der Waals surface area contributed by atoms with Crippen molar-refractivity contribution in [2.24, 2.45) is 0 Å². The molecular formula is C13H19NO3S. The molecule has 0 amide bonds. The van der Waals surface area contributed by atoms with Crippen LogP contribution in [0.1, 0.15) is 24.9 Å².